The number of hydrogen-bond acceptors (Lipinski definition) is 6. The molecule has 206 valence electrons. The number of aryl methyl sites for hydroxylation is 1. The number of aliphatic hydroxyl groups is 1. The minimum absolute atomic E-state index is 0.606. The van der Waals surface area contributed by atoms with E-state index in [2.05, 4.69) is 64.7 Å². The van der Waals surface area contributed by atoms with Gasteiger partial charge >= 0.3 is 0 Å². The summed E-state index contributed by atoms with van der Waals surface area (Å²) in [7, 11) is 5.41. The lowest BCUT2D eigenvalue weighted by Gasteiger charge is -2.37. The van der Waals surface area contributed by atoms with Crippen LogP contribution in [0, 0.1) is 6.92 Å². The second-order valence-corrected chi connectivity index (χ2v) is 11.1. The third-order valence-electron chi connectivity index (χ3n) is 7.99. The second kappa shape index (κ2) is 10.9. The minimum Gasteiger partial charge on any atom is -0.493 e. The molecule has 5 rings (SSSR count). The van der Waals surface area contributed by atoms with Gasteiger partial charge in [-0.25, -0.2) is 0 Å². The van der Waals surface area contributed by atoms with E-state index in [0.29, 0.717) is 5.75 Å². The standard InChI is InChI=1S/C32H40N4O3/c1-22-31(24-9-12-29(38-5)30(19-24)39-6)26-20-27(33-21-28(26)34(22)4)23-7-10-25(11-8-23)36-17-15-35(16-18-36)14-13-32(2,3)37/h7-12,19-21,37H,13-18H2,1-6H3. The molecule has 7 nitrogen and oxygen atoms in total. The lowest BCUT2D eigenvalue weighted by atomic mass is 10.0. The number of benzene rings is 2. The molecular formula is C32H40N4O3. The number of rotatable bonds is 8. The van der Waals surface area contributed by atoms with Gasteiger partial charge in [0.2, 0.25) is 0 Å². The lowest BCUT2D eigenvalue weighted by Crippen LogP contribution is -2.47. The molecule has 0 atom stereocenters. The predicted molar refractivity (Wildman–Crippen MR) is 159 cm³/mol. The molecule has 0 spiro atoms. The summed E-state index contributed by atoms with van der Waals surface area (Å²) in [6.45, 7) is 10.9. The van der Waals surface area contributed by atoms with Crippen LogP contribution in [0.25, 0.3) is 33.3 Å². The molecule has 0 unspecified atom stereocenters. The van der Waals surface area contributed by atoms with Gasteiger partial charge < -0.3 is 24.0 Å². The Labute approximate surface area is 231 Å². The lowest BCUT2D eigenvalue weighted by molar-refractivity contribution is 0.0569. The highest BCUT2D eigenvalue weighted by Gasteiger charge is 2.21. The molecule has 1 saturated heterocycles. The van der Waals surface area contributed by atoms with E-state index in [-0.39, 0.29) is 0 Å². The van der Waals surface area contributed by atoms with Crippen LogP contribution in [0.2, 0.25) is 0 Å². The highest BCUT2D eigenvalue weighted by molar-refractivity contribution is 5.99. The molecular weight excluding hydrogens is 488 g/mol. The molecule has 1 N–H and O–H groups in total. The van der Waals surface area contributed by atoms with Gasteiger partial charge in [0.25, 0.3) is 0 Å². The quantitative estimate of drug-likeness (QED) is 0.325. The SMILES string of the molecule is COc1ccc(-c2c(C)n(C)c3cnc(-c4ccc(N5CCN(CCC(C)(C)O)CC5)cc4)cc23)cc1OC. The molecule has 7 heteroatoms. The van der Waals surface area contributed by atoms with Gasteiger partial charge in [-0.3, -0.25) is 9.88 Å². The zero-order valence-corrected chi connectivity index (χ0v) is 24.0. The van der Waals surface area contributed by atoms with Gasteiger partial charge in [0, 0.05) is 67.7 Å². The van der Waals surface area contributed by atoms with Gasteiger partial charge in [0.15, 0.2) is 11.5 Å². The first-order chi connectivity index (χ1) is 18.7. The largest absolute Gasteiger partial charge is 0.493 e. The van der Waals surface area contributed by atoms with E-state index in [1.165, 1.54) is 22.3 Å². The molecule has 39 heavy (non-hydrogen) atoms. The van der Waals surface area contributed by atoms with Crippen LogP contribution >= 0.6 is 0 Å². The van der Waals surface area contributed by atoms with Crippen LogP contribution in [0.5, 0.6) is 11.5 Å². The van der Waals surface area contributed by atoms with Crippen molar-refractivity contribution < 1.29 is 14.6 Å². The van der Waals surface area contributed by atoms with Crippen LogP contribution in [0.1, 0.15) is 26.0 Å². The average molecular weight is 529 g/mol. The topological polar surface area (TPSA) is 63.0 Å². The Morgan fingerprint density at radius 1 is 0.897 bits per heavy atom. The van der Waals surface area contributed by atoms with E-state index >= 15 is 0 Å². The predicted octanol–water partition coefficient (Wildman–Crippen LogP) is 5.52. The van der Waals surface area contributed by atoms with E-state index in [4.69, 9.17) is 14.5 Å². The molecule has 0 bridgehead atoms. The van der Waals surface area contributed by atoms with E-state index in [9.17, 15) is 5.11 Å². The van der Waals surface area contributed by atoms with E-state index in [0.717, 1.165) is 67.2 Å². The average Bonchev–Trinajstić information content (AvgIpc) is 3.20. The van der Waals surface area contributed by atoms with Crippen LogP contribution in [0.4, 0.5) is 5.69 Å². The smallest absolute Gasteiger partial charge is 0.161 e. The molecule has 0 radical (unpaired) electrons. The van der Waals surface area contributed by atoms with Crippen molar-refractivity contribution in [2.45, 2.75) is 32.8 Å². The van der Waals surface area contributed by atoms with Crippen molar-refractivity contribution >= 4 is 16.6 Å². The highest BCUT2D eigenvalue weighted by Crippen LogP contribution is 2.39. The van der Waals surface area contributed by atoms with Gasteiger partial charge in [0.05, 0.1) is 37.2 Å². The molecule has 1 aliphatic heterocycles. The molecule has 1 aliphatic rings. The van der Waals surface area contributed by atoms with Gasteiger partial charge in [-0.05, 0) is 63.1 Å². The van der Waals surface area contributed by atoms with E-state index in [1.807, 2.05) is 32.2 Å². The number of fused-ring (bicyclic) bond motifs is 1. The Bertz CT molecular complexity index is 1450. The van der Waals surface area contributed by atoms with Crippen molar-refractivity contribution in [1.29, 1.82) is 0 Å². The Balaban J connectivity index is 1.38. The third-order valence-corrected chi connectivity index (χ3v) is 7.99. The van der Waals surface area contributed by atoms with Crippen LogP contribution in [-0.2, 0) is 7.05 Å². The minimum atomic E-state index is -0.606. The van der Waals surface area contributed by atoms with Crippen LogP contribution < -0.4 is 14.4 Å². The Morgan fingerprint density at radius 2 is 1.56 bits per heavy atom. The number of piperazine rings is 1. The van der Waals surface area contributed by atoms with Crippen molar-refractivity contribution in [3.05, 3.63) is 60.4 Å². The van der Waals surface area contributed by atoms with E-state index < -0.39 is 5.60 Å². The van der Waals surface area contributed by atoms with E-state index in [1.54, 1.807) is 14.2 Å². The zero-order valence-electron chi connectivity index (χ0n) is 24.0. The maximum Gasteiger partial charge on any atom is 0.161 e. The number of pyridine rings is 1. The summed E-state index contributed by atoms with van der Waals surface area (Å²) >= 11 is 0. The summed E-state index contributed by atoms with van der Waals surface area (Å²) in [6.07, 6.45) is 2.77. The number of aromatic nitrogens is 2. The number of hydrogen-bond donors (Lipinski definition) is 1. The molecule has 3 heterocycles. The fraction of sp³-hybridized carbons (Fsp3) is 0.406. The van der Waals surface area contributed by atoms with Gasteiger partial charge in [-0.15, -0.1) is 0 Å². The monoisotopic (exact) mass is 528 g/mol. The summed E-state index contributed by atoms with van der Waals surface area (Å²) in [5.41, 5.74) is 7.23. The maximum atomic E-state index is 10.0. The molecule has 0 amide bonds. The number of methoxy groups -OCH3 is 2. The molecule has 4 aromatic rings. The fourth-order valence-electron chi connectivity index (χ4n) is 5.48. The van der Waals surface area contributed by atoms with Crippen molar-refractivity contribution in [2.75, 3.05) is 51.8 Å². The Morgan fingerprint density at radius 3 is 2.21 bits per heavy atom. The Kier molecular flexibility index (Phi) is 7.56. The van der Waals surface area contributed by atoms with Crippen molar-refractivity contribution in [3.63, 3.8) is 0 Å². The summed E-state index contributed by atoms with van der Waals surface area (Å²) in [6, 6.07) is 17.1. The molecule has 1 fully saturated rings. The highest BCUT2D eigenvalue weighted by atomic mass is 16.5. The van der Waals surface area contributed by atoms with Crippen LogP contribution in [0.3, 0.4) is 0 Å². The summed E-state index contributed by atoms with van der Waals surface area (Å²) in [5.74, 6) is 1.44. The van der Waals surface area contributed by atoms with Crippen molar-refractivity contribution in [3.8, 4) is 33.9 Å². The van der Waals surface area contributed by atoms with Crippen LogP contribution in [0.15, 0.2) is 54.7 Å². The number of nitrogens with zero attached hydrogens (tertiary/aromatic N) is 4. The maximum absolute atomic E-state index is 10.0. The fourth-order valence-corrected chi connectivity index (χ4v) is 5.48. The van der Waals surface area contributed by atoms with Crippen molar-refractivity contribution in [2.24, 2.45) is 7.05 Å². The van der Waals surface area contributed by atoms with Gasteiger partial charge in [-0.1, -0.05) is 18.2 Å². The summed E-state index contributed by atoms with van der Waals surface area (Å²) in [4.78, 5) is 9.72. The van der Waals surface area contributed by atoms with Crippen molar-refractivity contribution in [1.82, 2.24) is 14.5 Å². The Hall–Kier alpha value is -3.55. The molecule has 2 aromatic heterocycles. The summed E-state index contributed by atoms with van der Waals surface area (Å²) in [5, 5.41) is 11.2. The zero-order chi connectivity index (χ0) is 27.7. The first kappa shape index (κ1) is 27.0. The third kappa shape index (κ3) is 5.60. The number of anilines is 1. The molecule has 2 aromatic carbocycles. The number of ether oxygens (including phenoxy) is 2. The van der Waals surface area contributed by atoms with Crippen LogP contribution in [-0.4, -0.2) is 72.1 Å². The first-order valence-corrected chi connectivity index (χ1v) is 13.7. The summed E-state index contributed by atoms with van der Waals surface area (Å²) < 4.78 is 13.2. The normalized spacial score (nSPS) is 14.7. The molecule has 0 aliphatic carbocycles. The molecule has 0 saturated carbocycles. The van der Waals surface area contributed by atoms with Gasteiger partial charge in [0.1, 0.15) is 0 Å². The van der Waals surface area contributed by atoms with Gasteiger partial charge in [-0.2, -0.15) is 0 Å². The second-order valence-electron chi connectivity index (χ2n) is 11.1. The first-order valence-electron chi connectivity index (χ1n) is 13.7.